The summed E-state index contributed by atoms with van der Waals surface area (Å²) in [6, 6.07) is 0. The van der Waals surface area contributed by atoms with E-state index in [1.807, 2.05) is 0 Å². The van der Waals surface area contributed by atoms with Crippen LogP contribution in [-0.2, 0) is 36.1 Å². The van der Waals surface area contributed by atoms with Gasteiger partial charge >= 0.3 is 0 Å². The number of allylic oxidation sites excluding steroid dienone is 4. The Bertz CT molecular complexity index is 439. The summed E-state index contributed by atoms with van der Waals surface area (Å²) in [6.45, 7) is 7.74. The van der Waals surface area contributed by atoms with Gasteiger partial charge in [0.25, 0.3) is 17.9 Å². The minimum absolute atomic E-state index is 0. The van der Waals surface area contributed by atoms with Gasteiger partial charge in [-0.05, 0) is 6.42 Å². The van der Waals surface area contributed by atoms with Crippen LogP contribution in [0.3, 0.4) is 0 Å². The molecule has 2 aliphatic carbocycles. The zero-order valence-electron chi connectivity index (χ0n) is 15.0. The average molecular weight is 375 g/mol. The summed E-state index contributed by atoms with van der Waals surface area (Å²) >= 11 is 0. The number of carboxylic acids is 3. The van der Waals surface area contributed by atoms with Crippen LogP contribution in [0.1, 0.15) is 60.3 Å². The van der Waals surface area contributed by atoms with E-state index in [-0.39, 0.29) is 21.7 Å². The van der Waals surface area contributed by atoms with Crippen LogP contribution >= 0.6 is 0 Å². The van der Waals surface area contributed by atoms with Gasteiger partial charge in [0, 0.05) is 42.5 Å². The second-order valence-electron chi connectivity index (χ2n) is 5.26. The molecule has 2 aliphatic rings. The largest absolute Gasteiger partial charge is 0.481 e. The first-order chi connectivity index (χ1) is 10.5. The summed E-state index contributed by atoms with van der Waals surface area (Å²) in [6.07, 6.45) is 8.95. The van der Waals surface area contributed by atoms with Gasteiger partial charge in [-0.1, -0.05) is 39.0 Å². The molecule has 3 N–H and O–H groups in total. The summed E-state index contributed by atoms with van der Waals surface area (Å²) in [5.74, 6) is -1.87. The molecule has 0 saturated heterocycles. The molecule has 1 atom stereocenters. The third-order valence-corrected chi connectivity index (χ3v) is 2.92. The van der Waals surface area contributed by atoms with Gasteiger partial charge in [-0.2, -0.15) is 11.1 Å². The normalized spacial score (nSPS) is 17.0. The standard InChI is InChI=1S/C11H15.3C2H4O2.Ti/c1-8-7-9(2)11-6-4-3-5-10(8)11;3*1-2(3)4;/h8H,3-6H2,1-2H3;3*1H3,(H,3,4);/q-1;;;;. The molecule has 136 valence electrons. The summed E-state index contributed by atoms with van der Waals surface area (Å²) < 4.78 is 0. The molecule has 2 rings (SSSR count). The van der Waals surface area contributed by atoms with Crippen molar-refractivity contribution in [2.75, 3.05) is 0 Å². The van der Waals surface area contributed by atoms with Gasteiger partial charge in [0.1, 0.15) is 0 Å². The van der Waals surface area contributed by atoms with E-state index in [4.69, 9.17) is 29.7 Å². The van der Waals surface area contributed by atoms with E-state index in [0.29, 0.717) is 5.92 Å². The number of hydrogen-bond acceptors (Lipinski definition) is 3. The van der Waals surface area contributed by atoms with Crippen LogP contribution in [0.4, 0.5) is 0 Å². The molecule has 0 amide bonds. The maximum absolute atomic E-state index is 9.00. The maximum Gasteiger partial charge on any atom is 0.300 e. The first-order valence-electron chi connectivity index (χ1n) is 7.40. The second-order valence-corrected chi connectivity index (χ2v) is 5.26. The van der Waals surface area contributed by atoms with Crippen molar-refractivity contribution in [2.24, 2.45) is 5.92 Å². The van der Waals surface area contributed by atoms with E-state index in [2.05, 4.69) is 19.9 Å². The summed E-state index contributed by atoms with van der Waals surface area (Å²) in [4.78, 5) is 27.0. The Morgan fingerprint density at radius 3 is 1.58 bits per heavy atom. The van der Waals surface area contributed by atoms with Crippen LogP contribution in [-0.4, -0.2) is 33.2 Å². The molecule has 24 heavy (non-hydrogen) atoms. The predicted molar refractivity (Wildman–Crippen MR) is 87.0 cm³/mol. The Hall–Kier alpha value is -1.40. The molecule has 0 aliphatic heterocycles. The van der Waals surface area contributed by atoms with Crippen LogP contribution in [0, 0.1) is 12.0 Å². The molecule has 0 aromatic heterocycles. The van der Waals surface area contributed by atoms with Crippen LogP contribution in [0.5, 0.6) is 0 Å². The van der Waals surface area contributed by atoms with Crippen LogP contribution < -0.4 is 0 Å². The quantitative estimate of drug-likeness (QED) is 0.441. The maximum atomic E-state index is 9.00. The average Bonchev–Trinajstić information content (AvgIpc) is 2.64. The van der Waals surface area contributed by atoms with Crippen molar-refractivity contribution in [1.29, 1.82) is 0 Å². The third-order valence-electron chi connectivity index (χ3n) is 2.92. The van der Waals surface area contributed by atoms with E-state index < -0.39 is 17.9 Å². The van der Waals surface area contributed by atoms with Gasteiger partial charge in [0.2, 0.25) is 0 Å². The molecule has 0 aromatic rings. The van der Waals surface area contributed by atoms with Crippen molar-refractivity contribution in [2.45, 2.75) is 60.3 Å². The van der Waals surface area contributed by atoms with Gasteiger partial charge in [0.15, 0.2) is 0 Å². The Morgan fingerprint density at radius 1 is 0.917 bits per heavy atom. The fraction of sp³-hybridized carbons (Fsp3) is 0.588. The van der Waals surface area contributed by atoms with Gasteiger partial charge in [0.05, 0.1) is 0 Å². The number of carbonyl (C=O) groups is 3. The molecular formula is C17H27O6Ti-. The van der Waals surface area contributed by atoms with Crippen LogP contribution in [0.15, 0.2) is 16.7 Å². The zero-order valence-corrected chi connectivity index (χ0v) is 16.5. The minimum atomic E-state index is -0.833. The summed E-state index contributed by atoms with van der Waals surface area (Å²) in [5, 5.41) is 22.2. The minimum Gasteiger partial charge on any atom is -0.481 e. The Morgan fingerprint density at radius 2 is 1.25 bits per heavy atom. The van der Waals surface area contributed by atoms with E-state index in [1.54, 1.807) is 11.1 Å². The van der Waals surface area contributed by atoms with Crippen LogP contribution in [0.2, 0.25) is 0 Å². The van der Waals surface area contributed by atoms with E-state index >= 15 is 0 Å². The van der Waals surface area contributed by atoms with Crippen molar-refractivity contribution in [3.05, 3.63) is 22.8 Å². The van der Waals surface area contributed by atoms with Crippen molar-refractivity contribution < 1.29 is 51.4 Å². The molecule has 1 unspecified atom stereocenters. The fourth-order valence-corrected chi connectivity index (χ4v) is 2.33. The Labute approximate surface area is 158 Å². The van der Waals surface area contributed by atoms with E-state index in [1.165, 1.54) is 31.3 Å². The number of carboxylic acid groups (broad SMARTS) is 3. The van der Waals surface area contributed by atoms with Crippen molar-refractivity contribution >= 4 is 17.9 Å². The van der Waals surface area contributed by atoms with Gasteiger partial charge < -0.3 is 15.3 Å². The Kier molecular flexibility index (Phi) is 17.3. The SMILES string of the molecule is CC(=O)O.CC(=O)O.CC(=O)O.CC1=[C-]C(C)C2=C1CCCC2.[Ti]. The topological polar surface area (TPSA) is 112 Å². The molecular weight excluding hydrogens is 348 g/mol. The number of aliphatic carboxylic acids is 3. The first-order valence-corrected chi connectivity index (χ1v) is 7.40. The molecule has 0 fully saturated rings. The molecule has 6 nitrogen and oxygen atoms in total. The molecule has 7 heteroatoms. The van der Waals surface area contributed by atoms with Gasteiger partial charge in [-0.3, -0.25) is 20.5 Å². The third kappa shape index (κ3) is 17.0. The smallest absolute Gasteiger partial charge is 0.300 e. The van der Waals surface area contributed by atoms with Crippen molar-refractivity contribution in [1.82, 2.24) is 0 Å². The van der Waals surface area contributed by atoms with Crippen molar-refractivity contribution in [3.8, 4) is 0 Å². The van der Waals surface area contributed by atoms with Crippen LogP contribution in [0.25, 0.3) is 0 Å². The number of hydrogen-bond donors (Lipinski definition) is 3. The molecule has 0 aromatic carbocycles. The molecule has 0 heterocycles. The van der Waals surface area contributed by atoms with E-state index in [9.17, 15) is 0 Å². The monoisotopic (exact) mass is 375 g/mol. The van der Waals surface area contributed by atoms with Gasteiger partial charge in [-0.25, -0.2) is 5.57 Å². The predicted octanol–water partition coefficient (Wildman–Crippen LogP) is 3.53. The first kappa shape index (κ1) is 27.5. The summed E-state index contributed by atoms with van der Waals surface area (Å²) in [5.41, 5.74) is 4.77. The number of rotatable bonds is 0. The zero-order chi connectivity index (χ0) is 18.6. The molecule has 0 radical (unpaired) electrons. The Balaban J connectivity index is -0.000000288. The molecule has 0 saturated carbocycles. The molecule has 0 spiro atoms. The van der Waals surface area contributed by atoms with E-state index in [0.717, 1.165) is 20.8 Å². The van der Waals surface area contributed by atoms with Gasteiger partial charge in [-0.15, -0.1) is 0 Å². The summed E-state index contributed by atoms with van der Waals surface area (Å²) in [7, 11) is 0. The fourth-order valence-electron chi connectivity index (χ4n) is 2.33. The molecule has 0 bridgehead atoms. The second kappa shape index (κ2) is 15.2. The van der Waals surface area contributed by atoms with Crippen molar-refractivity contribution in [3.63, 3.8) is 0 Å².